The van der Waals surface area contributed by atoms with E-state index in [-0.39, 0.29) is 24.7 Å². The molecule has 0 aliphatic carbocycles. The minimum Gasteiger partial charge on any atom is -0.356 e. The van der Waals surface area contributed by atoms with Crippen LogP contribution in [0.1, 0.15) is 48.4 Å². The number of anilines is 1. The molecule has 0 spiro atoms. The Labute approximate surface area is 368 Å². The molecule has 3 heterocycles. The normalized spacial score (nSPS) is 16.2. The van der Waals surface area contributed by atoms with Crippen LogP contribution in [0.4, 0.5) is 14.9 Å². The van der Waals surface area contributed by atoms with Gasteiger partial charge in [0.05, 0.1) is 18.8 Å². The van der Waals surface area contributed by atoms with Gasteiger partial charge in [0.2, 0.25) is 29.5 Å². The minimum atomic E-state index is -1.11. The number of carbonyl (C=O) groups excluding carboxylic acids is 6. The maximum atomic E-state index is 14.4. The Morgan fingerprint density at radius 2 is 1.37 bits per heavy atom. The molecule has 2 saturated heterocycles. The second-order valence-electron chi connectivity index (χ2n) is 15.6. The lowest BCUT2D eigenvalue weighted by molar-refractivity contribution is -0.146. The maximum Gasteiger partial charge on any atom is 0.319 e. The van der Waals surface area contributed by atoms with Crippen LogP contribution in [0.2, 0.25) is 5.02 Å². The molecule has 0 saturated carbocycles. The summed E-state index contributed by atoms with van der Waals surface area (Å²) in [6, 6.07) is 25.4. The summed E-state index contributed by atoms with van der Waals surface area (Å²) in [5.74, 6) is -2.89. The lowest BCUT2D eigenvalue weighted by Gasteiger charge is -2.36. The first-order valence-electron chi connectivity index (χ1n) is 20.9. The fourth-order valence-electron chi connectivity index (χ4n) is 8.06. The number of hydrogen-bond acceptors (Lipinski definition) is 8. The first-order valence-corrected chi connectivity index (χ1v) is 21.3. The number of nitrogens with one attached hydrogen (secondary N) is 5. The predicted molar refractivity (Wildman–Crippen MR) is 233 cm³/mol. The van der Waals surface area contributed by atoms with Crippen molar-refractivity contribution in [1.82, 2.24) is 36.2 Å². The molecule has 1 aromatic heterocycles. The number of hydrogen-bond donors (Lipinski definition) is 5. The summed E-state index contributed by atoms with van der Waals surface area (Å²) < 4.78 is 19.1. The molecule has 328 valence electrons. The number of fused-ring (bicyclic) bond motifs is 1. The van der Waals surface area contributed by atoms with Crippen LogP contribution in [-0.4, -0.2) is 101 Å². The fraction of sp³-hybridized carbons (Fsp3) is 0.326. The first-order chi connectivity index (χ1) is 30.5. The van der Waals surface area contributed by atoms with Gasteiger partial charge in [-0.3, -0.25) is 24.0 Å². The van der Waals surface area contributed by atoms with Gasteiger partial charge in [-0.25, -0.2) is 9.18 Å². The summed E-state index contributed by atoms with van der Waals surface area (Å²) in [5, 5.41) is 18.6. The highest BCUT2D eigenvalue weighted by Gasteiger charge is 2.40. The van der Waals surface area contributed by atoms with E-state index in [0.717, 1.165) is 22.2 Å². The van der Waals surface area contributed by atoms with Gasteiger partial charge in [-0.1, -0.05) is 77.4 Å². The molecule has 2 aliphatic heterocycles. The third-order valence-corrected chi connectivity index (χ3v) is 11.5. The lowest BCUT2D eigenvalue weighted by atomic mass is 9.91. The van der Waals surface area contributed by atoms with Crippen LogP contribution in [0, 0.1) is 5.82 Å². The third kappa shape index (κ3) is 11.8. The molecular weight excluding hydrogens is 831 g/mol. The molecule has 4 aromatic carbocycles. The molecular formula is C46H48ClFN8O7. The van der Waals surface area contributed by atoms with Crippen molar-refractivity contribution in [1.29, 1.82) is 0 Å². The highest BCUT2D eigenvalue weighted by atomic mass is 35.5. The molecule has 3 atom stereocenters. The number of rotatable bonds is 15. The van der Waals surface area contributed by atoms with Crippen LogP contribution in [-0.2, 0) is 36.8 Å². The second kappa shape index (κ2) is 20.8. The SMILES string of the molecule is O=C(CNC(=O)Nc1ccc(Cl)cc1)N[C@@H](Cc1ccccc1)C(=O)NCC(=O)N[C@@H](Cc1ccccc1)C(=O)N1CCC[C@H]1C(=O)N1CCC(c2noc3cc(F)ccc23)CC1. The van der Waals surface area contributed by atoms with Crippen molar-refractivity contribution in [2.75, 3.05) is 38.0 Å². The number of halogens is 2. The number of likely N-dealkylation sites (tertiary alicyclic amines) is 2. The number of carbonyl (C=O) groups is 6. The summed E-state index contributed by atoms with van der Waals surface area (Å²) in [7, 11) is 0. The van der Waals surface area contributed by atoms with Gasteiger partial charge in [-0.15, -0.1) is 0 Å². The fourth-order valence-corrected chi connectivity index (χ4v) is 8.18. The molecule has 0 unspecified atom stereocenters. The number of urea groups is 1. The van der Waals surface area contributed by atoms with Crippen molar-refractivity contribution in [3.63, 3.8) is 0 Å². The van der Waals surface area contributed by atoms with Crippen molar-refractivity contribution in [3.05, 3.63) is 131 Å². The van der Waals surface area contributed by atoms with Gasteiger partial charge in [-0.05, 0) is 73.2 Å². The van der Waals surface area contributed by atoms with Gasteiger partial charge in [0, 0.05) is 60.6 Å². The van der Waals surface area contributed by atoms with Crippen molar-refractivity contribution in [3.8, 4) is 0 Å². The largest absolute Gasteiger partial charge is 0.356 e. The number of nitrogens with zero attached hydrogens (tertiary/aromatic N) is 3. The van der Waals surface area contributed by atoms with Crippen molar-refractivity contribution in [2.45, 2.75) is 62.6 Å². The summed E-state index contributed by atoms with van der Waals surface area (Å²) >= 11 is 5.90. The van der Waals surface area contributed by atoms with Crippen molar-refractivity contribution >= 4 is 63.8 Å². The topological polar surface area (TPSA) is 195 Å². The molecule has 0 bridgehead atoms. The zero-order chi connectivity index (χ0) is 44.3. The average molecular weight is 879 g/mol. The Hall–Kier alpha value is -6.81. The van der Waals surface area contributed by atoms with E-state index in [1.165, 1.54) is 12.1 Å². The third-order valence-electron chi connectivity index (χ3n) is 11.3. The number of piperidine rings is 1. The molecule has 63 heavy (non-hydrogen) atoms. The van der Waals surface area contributed by atoms with Gasteiger partial charge in [-0.2, -0.15) is 0 Å². The zero-order valence-electron chi connectivity index (χ0n) is 34.4. The van der Waals surface area contributed by atoms with Gasteiger partial charge in [0.15, 0.2) is 5.58 Å². The van der Waals surface area contributed by atoms with E-state index in [9.17, 15) is 33.2 Å². The van der Waals surface area contributed by atoms with E-state index in [1.54, 1.807) is 64.4 Å². The van der Waals surface area contributed by atoms with E-state index in [4.69, 9.17) is 16.1 Å². The molecule has 7 rings (SSSR count). The Morgan fingerprint density at radius 3 is 2.03 bits per heavy atom. The standard InChI is InChI=1S/C46H48ClFN8O7/c47-32-13-16-34(17-14-32)51-46(62)50-28-41(58)52-36(24-29-8-3-1-4-9-29)43(59)49-27-40(57)53-37(25-30-10-5-2-6-11-30)44(60)56-21-7-12-38(56)45(61)55-22-19-31(20-23-55)42-35-18-15-33(48)26-39(35)63-54-42/h1-6,8-11,13-18,26,31,36-38H,7,12,19-25,27-28H2,(H,49,59)(H,52,58)(H,53,57)(H2,50,51,62)/t36-,37-,38-/m0/s1. The smallest absolute Gasteiger partial charge is 0.319 e. The Kier molecular flexibility index (Phi) is 14.6. The van der Waals surface area contributed by atoms with Gasteiger partial charge < -0.3 is 40.9 Å². The Balaban J connectivity index is 0.957. The van der Waals surface area contributed by atoms with Gasteiger partial charge in [0.1, 0.15) is 23.9 Å². The van der Waals surface area contributed by atoms with Crippen LogP contribution in [0.25, 0.3) is 11.0 Å². The Bertz CT molecular complexity index is 2410. The summed E-state index contributed by atoms with van der Waals surface area (Å²) in [6.07, 6.45) is 2.57. The van der Waals surface area contributed by atoms with Crippen LogP contribution in [0.5, 0.6) is 0 Å². The van der Waals surface area contributed by atoms with Crippen molar-refractivity contribution < 1.29 is 37.7 Å². The van der Waals surface area contributed by atoms with Crippen LogP contribution in [0.15, 0.2) is 108 Å². The molecule has 7 amide bonds. The number of aromatic nitrogens is 1. The van der Waals surface area contributed by atoms with E-state index in [1.807, 2.05) is 36.4 Å². The zero-order valence-corrected chi connectivity index (χ0v) is 35.1. The van der Waals surface area contributed by atoms with Gasteiger partial charge in [0.25, 0.3) is 0 Å². The summed E-state index contributed by atoms with van der Waals surface area (Å²) in [5.41, 5.74) is 3.11. The molecule has 15 nitrogen and oxygen atoms in total. The average Bonchev–Trinajstić information content (AvgIpc) is 3.96. The minimum absolute atomic E-state index is 0.0226. The molecule has 17 heteroatoms. The number of benzene rings is 4. The van der Waals surface area contributed by atoms with Crippen LogP contribution in [0.3, 0.4) is 0 Å². The van der Waals surface area contributed by atoms with Gasteiger partial charge >= 0.3 is 6.03 Å². The van der Waals surface area contributed by atoms with E-state index in [2.05, 4.69) is 31.7 Å². The summed E-state index contributed by atoms with van der Waals surface area (Å²) in [6.45, 7) is 0.285. The quantitative estimate of drug-likeness (QED) is 0.0998. The molecule has 2 fully saturated rings. The lowest BCUT2D eigenvalue weighted by Crippen LogP contribution is -2.57. The summed E-state index contributed by atoms with van der Waals surface area (Å²) in [4.78, 5) is 84.3. The highest BCUT2D eigenvalue weighted by molar-refractivity contribution is 6.30. The molecule has 5 aromatic rings. The molecule has 0 radical (unpaired) electrons. The highest BCUT2D eigenvalue weighted by Crippen LogP contribution is 2.34. The predicted octanol–water partition coefficient (Wildman–Crippen LogP) is 4.71. The van der Waals surface area contributed by atoms with Crippen LogP contribution < -0.4 is 26.6 Å². The number of amides is 7. The van der Waals surface area contributed by atoms with E-state index in [0.29, 0.717) is 61.6 Å². The maximum absolute atomic E-state index is 14.4. The van der Waals surface area contributed by atoms with E-state index < -0.39 is 66.7 Å². The van der Waals surface area contributed by atoms with Crippen LogP contribution >= 0.6 is 11.6 Å². The first kappa shape index (κ1) is 44.3. The van der Waals surface area contributed by atoms with E-state index >= 15 is 0 Å². The Morgan fingerprint density at radius 1 is 0.746 bits per heavy atom. The molecule has 5 N–H and O–H groups in total. The van der Waals surface area contributed by atoms with Crippen molar-refractivity contribution in [2.24, 2.45) is 0 Å². The monoisotopic (exact) mass is 878 g/mol. The molecule has 2 aliphatic rings. The second-order valence-corrected chi connectivity index (χ2v) is 16.1.